The molecular weight excluding hydrogens is 372 g/mol. The lowest BCUT2D eigenvalue weighted by atomic mass is 9.96. The van der Waals surface area contributed by atoms with Gasteiger partial charge in [0.2, 0.25) is 0 Å². The van der Waals surface area contributed by atoms with Gasteiger partial charge in [0.15, 0.2) is 12.4 Å². The van der Waals surface area contributed by atoms with Gasteiger partial charge in [-0.2, -0.15) is 0 Å². The molecule has 0 saturated carbocycles. The van der Waals surface area contributed by atoms with E-state index in [0.29, 0.717) is 44.4 Å². The number of carbonyl (C=O) groups is 2. The van der Waals surface area contributed by atoms with Gasteiger partial charge in [0.25, 0.3) is 5.91 Å². The van der Waals surface area contributed by atoms with Crippen LogP contribution in [0.3, 0.4) is 0 Å². The van der Waals surface area contributed by atoms with Crippen LogP contribution < -0.4 is 0 Å². The molecule has 8 nitrogen and oxygen atoms in total. The lowest BCUT2D eigenvalue weighted by Crippen LogP contribution is -2.41. The second kappa shape index (κ2) is 8.85. The number of esters is 1. The maximum Gasteiger partial charge on any atom is 0.309 e. The van der Waals surface area contributed by atoms with E-state index in [1.807, 2.05) is 6.92 Å². The first-order valence-electron chi connectivity index (χ1n) is 9.15. The number of hydrogen-bond acceptors (Lipinski definition) is 6. The summed E-state index contributed by atoms with van der Waals surface area (Å²) in [5.74, 6) is -2.38. The van der Waals surface area contributed by atoms with E-state index in [-0.39, 0.29) is 24.1 Å². The van der Waals surface area contributed by atoms with E-state index >= 15 is 0 Å². The van der Waals surface area contributed by atoms with Gasteiger partial charge in [-0.15, -0.1) is 5.10 Å². The number of nitrogens with zero attached hydrogens (tertiary/aromatic N) is 5. The fraction of sp³-hybridized carbons (Fsp3) is 0.500. The van der Waals surface area contributed by atoms with Gasteiger partial charge in [0.05, 0.1) is 11.5 Å². The lowest BCUT2D eigenvalue weighted by Gasteiger charge is -2.31. The van der Waals surface area contributed by atoms with Crippen molar-refractivity contribution in [1.29, 1.82) is 0 Å². The van der Waals surface area contributed by atoms with E-state index in [2.05, 4.69) is 15.5 Å². The minimum Gasteiger partial charge on any atom is -0.457 e. The second-order valence-electron chi connectivity index (χ2n) is 6.62. The molecule has 0 spiro atoms. The Kier molecular flexibility index (Phi) is 6.27. The summed E-state index contributed by atoms with van der Waals surface area (Å²) in [7, 11) is 0. The zero-order chi connectivity index (χ0) is 20.1. The van der Waals surface area contributed by atoms with Crippen molar-refractivity contribution in [3.63, 3.8) is 0 Å². The fourth-order valence-corrected chi connectivity index (χ4v) is 3.12. The van der Waals surface area contributed by atoms with E-state index in [0.717, 1.165) is 18.6 Å². The third-order valence-corrected chi connectivity index (χ3v) is 4.66. The highest BCUT2D eigenvalue weighted by atomic mass is 19.1. The van der Waals surface area contributed by atoms with E-state index in [1.165, 1.54) is 4.90 Å². The number of tetrazole rings is 1. The van der Waals surface area contributed by atoms with Crippen LogP contribution >= 0.6 is 0 Å². The third-order valence-electron chi connectivity index (χ3n) is 4.66. The van der Waals surface area contributed by atoms with Crippen LogP contribution in [0.2, 0.25) is 0 Å². The van der Waals surface area contributed by atoms with Crippen LogP contribution in [0, 0.1) is 17.6 Å². The molecule has 150 valence electrons. The minimum absolute atomic E-state index is 0.00817. The van der Waals surface area contributed by atoms with Gasteiger partial charge in [-0.1, -0.05) is 6.92 Å². The van der Waals surface area contributed by atoms with E-state index < -0.39 is 17.5 Å². The molecule has 3 rings (SSSR count). The Morgan fingerprint density at radius 2 is 2.00 bits per heavy atom. The molecule has 0 atom stereocenters. The van der Waals surface area contributed by atoms with Gasteiger partial charge < -0.3 is 9.64 Å². The molecule has 0 bridgehead atoms. The van der Waals surface area contributed by atoms with Gasteiger partial charge in [-0.25, -0.2) is 13.5 Å². The van der Waals surface area contributed by atoms with Gasteiger partial charge in [0.1, 0.15) is 11.6 Å². The van der Waals surface area contributed by atoms with Crippen LogP contribution in [-0.2, 0) is 22.7 Å². The highest BCUT2D eigenvalue weighted by Crippen LogP contribution is 2.22. The molecule has 28 heavy (non-hydrogen) atoms. The Labute approximate surface area is 160 Å². The normalized spacial score (nSPS) is 14.9. The number of hydrogen-bond donors (Lipinski definition) is 0. The Hall–Kier alpha value is -2.91. The molecule has 1 aliphatic rings. The Balaban J connectivity index is 1.51. The van der Waals surface area contributed by atoms with Crippen molar-refractivity contribution in [3.8, 4) is 0 Å². The number of aryl methyl sites for hydroxylation is 1. The first kappa shape index (κ1) is 19.8. The third kappa shape index (κ3) is 4.49. The molecule has 1 amide bonds. The highest BCUT2D eigenvalue weighted by molar-refractivity contribution is 5.94. The highest BCUT2D eigenvalue weighted by Gasteiger charge is 2.30. The Bertz CT molecular complexity index is 849. The number of benzene rings is 1. The summed E-state index contributed by atoms with van der Waals surface area (Å²) in [6.45, 7) is 3.21. The first-order chi connectivity index (χ1) is 13.5. The Morgan fingerprint density at radius 3 is 2.68 bits per heavy atom. The van der Waals surface area contributed by atoms with E-state index in [1.54, 1.807) is 4.68 Å². The molecule has 1 aromatic heterocycles. The summed E-state index contributed by atoms with van der Waals surface area (Å²) in [6.07, 6.45) is 1.67. The Morgan fingerprint density at radius 1 is 1.25 bits per heavy atom. The molecule has 0 unspecified atom stereocenters. The number of likely N-dealkylation sites (tertiary alicyclic amines) is 1. The van der Waals surface area contributed by atoms with Crippen LogP contribution in [0.15, 0.2) is 18.2 Å². The number of halogens is 2. The quantitative estimate of drug-likeness (QED) is 0.697. The molecule has 0 aliphatic carbocycles. The number of piperidine rings is 1. The van der Waals surface area contributed by atoms with E-state index in [4.69, 9.17) is 4.74 Å². The molecule has 0 radical (unpaired) electrons. The van der Waals surface area contributed by atoms with Crippen molar-refractivity contribution >= 4 is 11.9 Å². The number of carbonyl (C=O) groups excluding carboxylic acids is 2. The smallest absolute Gasteiger partial charge is 0.309 e. The molecule has 2 heterocycles. The number of rotatable bonds is 6. The zero-order valence-corrected chi connectivity index (χ0v) is 15.5. The van der Waals surface area contributed by atoms with Gasteiger partial charge in [-0.05, 0) is 41.8 Å². The molecule has 2 aromatic rings. The molecular formula is C18H21F2N5O3. The van der Waals surface area contributed by atoms with Gasteiger partial charge in [-0.3, -0.25) is 9.59 Å². The molecule has 1 saturated heterocycles. The van der Waals surface area contributed by atoms with Crippen molar-refractivity contribution in [1.82, 2.24) is 25.1 Å². The topological polar surface area (TPSA) is 90.2 Å². The summed E-state index contributed by atoms with van der Waals surface area (Å²) >= 11 is 0. The molecule has 1 aliphatic heterocycles. The monoisotopic (exact) mass is 393 g/mol. The summed E-state index contributed by atoms with van der Waals surface area (Å²) in [6, 6.07) is 2.86. The van der Waals surface area contributed by atoms with Crippen molar-refractivity contribution in [3.05, 3.63) is 41.2 Å². The van der Waals surface area contributed by atoms with Gasteiger partial charge in [0, 0.05) is 25.7 Å². The minimum atomic E-state index is -0.892. The van der Waals surface area contributed by atoms with Crippen molar-refractivity contribution in [2.24, 2.45) is 5.92 Å². The second-order valence-corrected chi connectivity index (χ2v) is 6.62. The average molecular weight is 393 g/mol. The molecule has 0 N–H and O–H groups in total. The lowest BCUT2D eigenvalue weighted by molar-refractivity contribution is -0.151. The zero-order valence-electron chi connectivity index (χ0n) is 15.5. The number of amides is 1. The molecule has 1 fully saturated rings. The predicted molar refractivity (Wildman–Crippen MR) is 92.9 cm³/mol. The average Bonchev–Trinajstić information content (AvgIpc) is 3.13. The largest absolute Gasteiger partial charge is 0.457 e. The summed E-state index contributed by atoms with van der Waals surface area (Å²) in [5.41, 5.74) is -0.176. The van der Waals surface area contributed by atoms with Crippen LogP contribution in [-0.4, -0.2) is 50.1 Å². The van der Waals surface area contributed by atoms with E-state index in [9.17, 15) is 18.4 Å². The molecule has 10 heteroatoms. The number of aromatic nitrogens is 4. The fourth-order valence-electron chi connectivity index (χ4n) is 3.12. The summed E-state index contributed by atoms with van der Waals surface area (Å²) in [4.78, 5) is 26.2. The number of ether oxygens (including phenoxy) is 1. The van der Waals surface area contributed by atoms with Crippen molar-refractivity contribution in [2.45, 2.75) is 39.3 Å². The maximum atomic E-state index is 13.8. The van der Waals surface area contributed by atoms with Crippen LogP contribution in [0.25, 0.3) is 0 Å². The van der Waals surface area contributed by atoms with Crippen molar-refractivity contribution < 1.29 is 23.1 Å². The maximum absolute atomic E-state index is 13.8. The first-order valence-corrected chi connectivity index (χ1v) is 9.15. The summed E-state index contributed by atoms with van der Waals surface area (Å²) in [5, 5.41) is 11.3. The molecule has 1 aromatic carbocycles. The standard InChI is InChI=1S/C18H21F2N5O3/c1-2-7-25-16(21-22-23-25)11-28-18(27)12-5-8-24(9-6-12)17(26)14-4-3-13(19)10-15(14)20/h3-4,10,12H,2,5-9,11H2,1H3. The SMILES string of the molecule is CCCn1nnnc1COC(=O)C1CCN(C(=O)c2ccc(F)cc2F)CC1. The van der Waals surface area contributed by atoms with Crippen LogP contribution in [0.5, 0.6) is 0 Å². The summed E-state index contributed by atoms with van der Waals surface area (Å²) < 4.78 is 33.7. The van der Waals surface area contributed by atoms with Gasteiger partial charge >= 0.3 is 5.97 Å². The van der Waals surface area contributed by atoms with Crippen LogP contribution in [0.1, 0.15) is 42.4 Å². The van der Waals surface area contributed by atoms with Crippen LogP contribution in [0.4, 0.5) is 8.78 Å². The predicted octanol–water partition coefficient (Wildman–Crippen LogP) is 1.96. The van der Waals surface area contributed by atoms with Crippen molar-refractivity contribution in [2.75, 3.05) is 13.1 Å².